The average molecular weight is 712 g/mol. The van der Waals surface area contributed by atoms with Gasteiger partial charge in [0, 0.05) is 16.8 Å². The molecule has 0 aliphatic carbocycles. The Kier molecular flexibility index (Phi) is 7.96. The molecular weight excluding hydrogens is 679 g/mol. The molecule has 51 heavy (non-hydrogen) atoms. The van der Waals surface area contributed by atoms with Gasteiger partial charge in [0.05, 0.1) is 32.5 Å². The Morgan fingerprint density at radius 3 is 1.29 bits per heavy atom. The van der Waals surface area contributed by atoms with E-state index in [0.29, 0.717) is 39.6 Å². The Labute approximate surface area is 297 Å². The lowest BCUT2D eigenvalue weighted by atomic mass is 9.95. The number of azo groups is 1. The van der Waals surface area contributed by atoms with Gasteiger partial charge in [-0.05, 0) is 86.6 Å². The lowest BCUT2D eigenvalue weighted by molar-refractivity contribution is 0.483. The zero-order chi connectivity index (χ0) is 35.3. The molecule has 2 aliphatic heterocycles. The normalized spacial score (nSPS) is 16.9. The second-order valence-corrected chi connectivity index (χ2v) is 16.2. The number of para-hydroxylation sites is 2. The van der Waals surface area contributed by atoms with Crippen LogP contribution in [0.3, 0.4) is 0 Å². The number of hydrogen-bond acceptors (Lipinski definition) is 7. The van der Waals surface area contributed by atoms with E-state index < -0.39 is 32.4 Å². The summed E-state index contributed by atoms with van der Waals surface area (Å²) in [7, 11) is -8.39. The quantitative estimate of drug-likeness (QED) is 0.154. The Morgan fingerprint density at radius 1 is 0.451 bits per heavy atom. The highest BCUT2D eigenvalue weighted by molar-refractivity contribution is 7.93. The lowest BCUT2D eigenvalue weighted by Gasteiger charge is -2.56. The van der Waals surface area contributed by atoms with Crippen molar-refractivity contribution in [1.82, 2.24) is 0 Å². The third kappa shape index (κ3) is 5.55. The van der Waals surface area contributed by atoms with Crippen LogP contribution in [-0.4, -0.2) is 16.8 Å². The van der Waals surface area contributed by atoms with Crippen LogP contribution >= 0.6 is 0 Å². The van der Waals surface area contributed by atoms with Gasteiger partial charge in [0.25, 0.3) is 20.0 Å². The van der Waals surface area contributed by atoms with Gasteiger partial charge in [-0.15, -0.1) is 0 Å². The molecule has 0 spiro atoms. The van der Waals surface area contributed by atoms with Crippen LogP contribution in [0, 0.1) is 13.8 Å². The van der Waals surface area contributed by atoms with Crippen molar-refractivity contribution in [3.63, 3.8) is 0 Å². The maximum absolute atomic E-state index is 14.9. The van der Waals surface area contributed by atoms with Crippen molar-refractivity contribution in [2.24, 2.45) is 10.2 Å². The van der Waals surface area contributed by atoms with Crippen molar-refractivity contribution < 1.29 is 16.8 Å². The molecule has 0 saturated carbocycles. The molecule has 0 unspecified atom stereocenters. The van der Waals surface area contributed by atoms with Gasteiger partial charge in [-0.25, -0.2) is 25.4 Å². The number of hydrogen-bond donors (Lipinski definition) is 0. The fourth-order valence-electron chi connectivity index (χ4n) is 6.74. The topological polar surface area (TPSA) is 103 Å². The summed E-state index contributed by atoms with van der Waals surface area (Å²) in [5.74, 6) is 0. The Hall–Kier alpha value is -5.78. The van der Waals surface area contributed by atoms with Gasteiger partial charge < -0.3 is 4.90 Å². The molecule has 6 aromatic rings. The van der Waals surface area contributed by atoms with Gasteiger partial charge in [0.2, 0.25) is 0 Å². The summed E-state index contributed by atoms with van der Waals surface area (Å²) in [6.45, 7) is 3.81. The number of rotatable bonds is 7. The van der Waals surface area contributed by atoms with Crippen molar-refractivity contribution in [3.8, 4) is 0 Å². The van der Waals surface area contributed by atoms with Gasteiger partial charge in [0.1, 0.15) is 12.3 Å². The first-order chi connectivity index (χ1) is 24.6. The zero-order valence-corrected chi connectivity index (χ0v) is 29.4. The molecule has 8 rings (SSSR count). The Bertz CT molecular complexity index is 2360. The maximum Gasteiger partial charge on any atom is 0.266 e. The highest BCUT2D eigenvalue weighted by atomic mass is 32.2. The smallest absolute Gasteiger partial charge is 0.266 e. The maximum atomic E-state index is 14.9. The highest BCUT2D eigenvalue weighted by Gasteiger charge is 2.54. The third-order valence-corrected chi connectivity index (χ3v) is 12.8. The van der Waals surface area contributed by atoms with E-state index in [1.54, 1.807) is 109 Å². The van der Waals surface area contributed by atoms with E-state index in [9.17, 15) is 16.8 Å². The van der Waals surface area contributed by atoms with E-state index in [2.05, 4.69) is 10.2 Å². The van der Waals surface area contributed by atoms with Crippen molar-refractivity contribution in [3.05, 3.63) is 174 Å². The van der Waals surface area contributed by atoms with E-state index in [1.807, 2.05) is 61.2 Å². The molecule has 9 nitrogen and oxygen atoms in total. The zero-order valence-electron chi connectivity index (χ0n) is 27.8. The SMILES string of the molecule is Cc1ccc(S(=O)(=O)N2c3ccccc3[C@H]3N(c4ccc(N=Nc5ccccc5)cc4)[C@H]2c2ccccc2N3S(=O)(=O)c2ccc(C)cc2)cc1. The average Bonchev–Trinajstić information content (AvgIpc) is 3.15. The molecule has 0 radical (unpaired) electrons. The number of aryl methyl sites for hydroxylation is 2. The molecule has 6 aromatic carbocycles. The summed E-state index contributed by atoms with van der Waals surface area (Å²) in [6, 6.07) is 44.4. The number of benzene rings is 6. The van der Waals surface area contributed by atoms with E-state index in [-0.39, 0.29) is 9.79 Å². The van der Waals surface area contributed by atoms with Crippen molar-refractivity contribution >= 4 is 48.5 Å². The van der Waals surface area contributed by atoms with E-state index >= 15 is 0 Å². The highest BCUT2D eigenvalue weighted by Crippen LogP contribution is 2.57. The molecule has 2 aliphatic rings. The van der Waals surface area contributed by atoms with Gasteiger partial charge in [-0.1, -0.05) is 90.0 Å². The number of anilines is 3. The standard InChI is InChI=1S/C40H33N5O4S2/c1-28-16-24-33(25-17-28)50(46,47)44-37-14-8-6-12-35(37)40-43(32-22-20-31(21-23-32)42-41-30-10-4-3-5-11-30)39(44)36-13-7-9-15-38(36)45(40)51(48,49)34-26-18-29(2)19-27-34/h3-27,39-40H,1-2H3/t39-,40+. The Balaban J connectivity index is 1.37. The predicted octanol–water partition coefficient (Wildman–Crippen LogP) is 9.34. The molecular formula is C40H33N5O4S2. The van der Waals surface area contributed by atoms with Crippen LogP contribution in [0.15, 0.2) is 172 Å². The van der Waals surface area contributed by atoms with Crippen LogP contribution in [0.25, 0.3) is 0 Å². The largest absolute Gasteiger partial charge is 0.320 e. The minimum Gasteiger partial charge on any atom is -0.320 e. The predicted molar refractivity (Wildman–Crippen MR) is 200 cm³/mol. The fourth-order valence-corrected chi connectivity index (χ4v) is 9.96. The second-order valence-electron chi connectivity index (χ2n) is 12.6. The molecule has 2 atom stereocenters. The van der Waals surface area contributed by atoms with Crippen LogP contribution in [-0.2, 0) is 20.0 Å². The summed E-state index contributed by atoms with van der Waals surface area (Å²) < 4.78 is 62.4. The minimum atomic E-state index is -4.19. The minimum absolute atomic E-state index is 0.130. The lowest BCUT2D eigenvalue weighted by Crippen LogP contribution is -2.59. The first kappa shape index (κ1) is 32.4. The van der Waals surface area contributed by atoms with Gasteiger partial charge in [-0.2, -0.15) is 10.2 Å². The van der Waals surface area contributed by atoms with Crippen LogP contribution < -0.4 is 13.5 Å². The van der Waals surface area contributed by atoms with Gasteiger partial charge in [0.15, 0.2) is 0 Å². The summed E-state index contributed by atoms with van der Waals surface area (Å²) in [5.41, 5.74) is 5.57. The second kappa shape index (κ2) is 12.5. The van der Waals surface area contributed by atoms with Crippen LogP contribution in [0.2, 0.25) is 0 Å². The van der Waals surface area contributed by atoms with E-state index in [1.165, 1.54) is 8.61 Å². The fraction of sp³-hybridized carbons (Fsp3) is 0.100. The van der Waals surface area contributed by atoms with E-state index in [4.69, 9.17) is 0 Å². The summed E-state index contributed by atoms with van der Waals surface area (Å²) >= 11 is 0. The van der Waals surface area contributed by atoms with E-state index in [0.717, 1.165) is 11.1 Å². The summed E-state index contributed by atoms with van der Waals surface area (Å²) in [4.78, 5) is 2.13. The van der Waals surface area contributed by atoms with Crippen molar-refractivity contribution in [2.45, 2.75) is 36.0 Å². The molecule has 11 heteroatoms. The molecule has 254 valence electrons. The Morgan fingerprint density at radius 2 is 0.843 bits per heavy atom. The monoisotopic (exact) mass is 711 g/mol. The molecule has 0 amide bonds. The number of nitrogens with zero attached hydrogens (tertiary/aromatic N) is 5. The molecule has 2 heterocycles. The van der Waals surface area contributed by atoms with Crippen LogP contribution in [0.1, 0.15) is 34.6 Å². The molecule has 0 N–H and O–H groups in total. The number of sulfonamides is 2. The molecule has 0 fully saturated rings. The van der Waals surface area contributed by atoms with Crippen LogP contribution in [0.4, 0.5) is 28.4 Å². The molecule has 2 bridgehead atoms. The summed E-state index contributed by atoms with van der Waals surface area (Å²) in [6.07, 6.45) is -1.90. The third-order valence-electron chi connectivity index (χ3n) is 9.22. The van der Waals surface area contributed by atoms with Crippen molar-refractivity contribution in [2.75, 3.05) is 13.5 Å². The summed E-state index contributed by atoms with van der Waals surface area (Å²) in [5, 5.41) is 8.74. The van der Waals surface area contributed by atoms with Crippen molar-refractivity contribution in [1.29, 1.82) is 0 Å². The van der Waals surface area contributed by atoms with Crippen LogP contribution in [0.5, 0.6) is 0 Å². The van der Waals surface area contributed by atoms with Gasteiger partial charge in [-0.3, -0.25) is 0 Å². The number of fused-ring (bicyclic) bond motifs is 6. The molecule has 0 aromatic heterocycles. The van der Waals surface area contributed by atoms with Gasteiger partial charge >= 0.3 is 0 Å². The molecule has 0 saturated heterocycles. The first-order valence-corrected chi connectivity index (χ1v) is 19.3. The first-order valence-electron chi connectivity index (χ1n) is 16.4.